The zero-order chi connectivity index (χ0) is 10.1. The van der Waals surface area contributed by atoms with Gasteiger partial charge in [0.25, 0.3) is 0 Å². The Morgan fingerprint density at radius 1 is 1.43 bits per heavy atom. The number of benzene rings is 1. The van der Waals surface area contributed by atoms with Crippen LogP contribution in [-0.2, 0) is 4.79 Å². The molecule has 74 valence electrons. The highest BCUT2D eigenvalue weighted by atomic mass is 35.5. The molecule has 1 aromatic carbocycles. The summed E-state index contributed by atoms with van der Waals surface area (Å²) in [6.07, 6.45) is 0. The van der Waals surface area contributed by atoms with Crippen LogP contribution in [0.3, 0.4) is 0 Å². The van der Waals surface area contributed by atoms with Gasteiger partial charge in [0, 0.05) is 10.7 Å². The van der Waals surface area contributed by atoms with Gasteiger partial charge >= 0.3 is 0 Å². The van der Waals surface area contributed by atoms with E-state index >= 15 is 0 Å². The Labute approximate surface area is 87.7 Å². The third kappa shape index (κ3) is 1.61. The molecule has 1 aliphatic rings. The Bertz CT molecular complexity index is 350. The minimum Gasteiger partial charge on any atom is -0.298 e. The second-order valence-electron chi connectivity index (χ2n) is 3.33. The van der Waals surface area contributed by atoms with Crippen LogP contribution < -0.4 is 10.2 Å². The molecule has 2 rings (SSSR count). The Morgan fingerprint density at radius 3 is 2.57 bits per heavy atom. The van der Waals surface area contributed by atoms with Crippen LogP contribution >= 0.6 is 11.6 Å². The molecule has 1 unspecified atom stereocenters. The predicted octanol–water partition coefficient (Wildman–Crippen LogP) is 1.62. The second kappa shape index (κ2) is 3.59. The lowest BCUT2D eigenvalue weighted by Crippen LogP contribution is -2.28. The quantitative estimate of drug-likeness (QED) is 0.764. The molecule has 0 aliphatic carbocycles. The van der Waals surface area contributed by atoms with Crippen LogP contribution in [0.5, 0.6) is 0 Å². The lowest BCUT2D eigenvalue weighted by molar-refractivity contribution is -0.118. The van der Waals surface area contributed by atoms with Crippen molar-refractivity contribution >= 4 is 23.2 Å². The standard InChI is InChI=1S/C10H11ClN2O/c1-7-10(14)13(6-12-7)9-4-2-8(11)3-5-9/h2-5,7,12H,6H2,1H3. The monoisotopic (exact) mass is 210 g/mol. The molecule has 1 aliphatic heterocycles. The molecule has 0 radical (unpaired) electrons. The molecule has 4 heteroatoms. The summed E-state index contributed by atoms with van der Waals surface area (Å²) in [6, 6.07) is 7.17. The third-order valence-electron chi connectivity index (χ3n) is 2.33. The van der Waals surface area contributed by atoms with Crippen molar-refractivity contribution in [3.63, 3.8) is 0 Å². The first kappa shape index (κ1) is 9.49. The number of hydrogen-bond acceptors (Lipinski definition) is 2. The van der Waals surface area contributed by atoms with Crippen molar-refractivity contribution in [1.82, 2.24) is 5.32 Å². The average Bonchev–Trinajstić information content (AvgIpc) is 2.50. The van der Waals surface area contributed by atoms with E-state index < -0.39 is 0 Å². The number of anilines is 1. The van der Waals surface area contributed by atoms with Gasteiger partial charge < -0.3 is 0 Å². The van der Waals surface area contributed by atoms with Gasteiger partial charge in [0.2, 0.25) is 5.91 Å². The van der Waals surface area contributed by atoms with E-state index in [1.54, 1.807) is 17.0 Å². The van der Waals surface area contributed by atoms with Crippen LogP contribution in [0.25, 0.3) is 0 Å². The molecule has 3 nitrogen and oxygen atoms in total. The Morgan fingerprint density at radius 2 is 2.07 bits per heavy atom. The summed E-state index contributed by atoms with van der Waals surface area (Å²) in [5.74, 6) is 0.104. The van der Waals surface area contributed by atoms with E-state index in [1.807, 2.05) is 19.1 Å². The molecule has 1 atom stereocenters. The molecule has 14 heavy (non-hydrogen) atoms. The van der Waals surface area contributed by atoms with Crippen LogP contribution in [0.15, 0.2) is 24.3 Å². The first-order valence-corrected chi connectivity index (χ1v) is 4.86. The highest BCUT2D eigenvalue weighted by Crippen LogP contribution is 2.20. The summed E-state index contributed by atoms with van der Waals surface area (Å²) in [5, 5.41) is 3.76. The predicted molar refractivity (Wildman–Crippen MR) is 56.4 cm³/mol. The zero-order valence-corrected chi connectivity index (χ0v) is 8.58. The second-order valence-corrected chi connectivity index (χ2v) is 3.76. The van der Waals surface area contributed by atoms with Crippen molar-refractivity contribution in [1.29, 1.82) is 0 Å². The molecule has 1 N–H and O–H groups in total. The molecular weight excluding hydrogens is 200 g/mol. The van der Waals surface area contributed by atoms with Crippen molar-refractivity contribution in [3.8, 4) is 0 Å². The van der Waals surface area contributed by atoms with Crippen molar-refractivity contribution < 1.29 is 4.79 Å². The molecule has 1 heterocycles. The first-order chi connectivity index (χ1) is 6.68. The molecular formula is C10H11ClN2O. The normalized spacial score (nSPS) is 21.7. The van der Waals surface area contributed by atoms with E-state index in [1.165, 1.54) is 0 Å². The Hall–Kier alpha value is -1.06. The Balaban J connectivity index is 2.24. The fraction of sp³-hybridized carbons (Fsp3) is 0.300. The third-order valence-corrected chi connectivity index (χ3v) is 2.58. The number of hydrogen-bond donors (Lipinski definition) is 1. The largest absolute Gasteiger partial charge is 0.298 e. The van der Waals surface area contributed by atoms with Crippen molar-refractivity contribution in [2.24, 2.45) is 0 Å². The van der Waals surface area contributed by atoms with Crippen LogP contribution in [0.1, 0.15) is 6.92 Å². The van der Waals surface area contributed by atoms with Crippen molar-refractivity contribution in [2.45, 2.75) is 13.0 Å². The zero-order valence-electron chi connectivity index (χ0n) is 7.83. The molecule has 1 aromatic rings. The van der Waals surface area contributed by atoms with E-state index in [4.69, 9.17) is 11.6 Å². The van der Waals surface area contributed by atoms with E-state index in [-0.39, 0.29) is 11.9 Å². The summed E-state index contributed by atoms with van der Waals surface area (Å²) >= 11 is 5.76. The van der Waals surface area contributed by atoms with Gasteiger partial charge in [-0.3, -0.25) is 15.0 Å². The van der Waals surface area contributed by atoms with Crippen LogP contribution in [0.2, 0.25) is 5.02 Å². The van der Waals surface area contributed by atoms with E-state index in [0.717, 1.165) is 5.69 Å². The van der Waals surface area contributed by atoms with Gasteiger partial charge in [-0.05, 0) is 31.2 Å². The van der Waals surface area contributed by atoms with Crippen molar-refractivity contribution in [3.05, 3.63) is 29.3 Å². The minimum atomic E-state index is -0.0920. The summed E-state index contributed by atoms with van der Waals surface area (Å²) in [4.78, 5) is 13.3. The smallest absolute Gasteiger partial charge is 0.244 e. The summed E-state index contributed by atoms with van der Waals surface area (Å²) in [5.41, 5.74) is 0.885. The van der Waals surface area contributed by atoms with Gasteiger partial charge in [-0.15, -0.1) is 0 Å². The van der Waals surface area contributed by atoms with Crippen LogP contribution in [0.4, 0.5) is 5.69 Å². The lowest BCUT2D eigenvalue weighted by Gasteiger charge is -2.14. The van der Waals surface area contributed by atoms with Crippen molar-refractivity contribution in [2.75, 3.05) is 11.6 Å². The molecule has 0 bridgehead atoms. The summed E-state index contributed by atoms with van der Waals surface area (Å²) in [6.45, 7) is 2.43. The summed E-state index contributed by atoms with van der Waals surface area (Å²) in [7, 11) is 0. The van der Waals surface area contributed by atoms with Gasteiger partial charge in [-0.25, -0.2) is 0 Å². The molecule has 0 spiro atoms. The molecule has 1 amide bonds. The number of rotatable bonds is 1. The minimum absolute atomic E-state index is 0.0920. The van der Waals surface area contributed by atoms with E-state index in [9.17, 15) is 4.79 Å². The number of halogens is 1. The molecule has 1 saturated heterocycles. The fourth-order valence-corrected chi connectivity index (χ4v) is 1.59. The van der Waals surface area contributed by atoms with Gasteiger partial charge in [-0.2, -0.15) is 0 Å². The first-order valence-electron chi connectivity index (χ1n) is 4.49. The molecule has 1 fully saturated rings. The van der Waals surface area contributed by atoms with Gasteiger partial charge in [-0.1, -0.05) is 11.6 Å². The fourth-order valence-electron chi connectivity index (χ4n) is 1.47. The number of amides is 1. The SMILES string of the molecule is CC1NCN(c2ccc(Cl)cc2)C1=O. The van der Waals surface area contributed by atoms with E-state index in [0.29, 0.717) is 11.7 Å². The number of carbonyl (C=O) groups is 1. The van der Waals surface area contributed by atoms with Gasteiger partial charge in [0.15, 0.2) is 0 Å². The molecule has 0 aromatic heterocycles. The maximum Gasteiger partial charge on any atom is 0.244 e. The van der Waals surface area contributed by atoms with Crippen LogP contribution in [0, 0.1) is 0 Å². The maximum atomic E-state index is 11.6. The number of nitrogens with zero attached hydrogens (tertiary/aromatic N) is 1. The lowest BCUT2D eigenvalue weighted by atomic mass is 10.3. The highest BCUT2D eigenvalue weighted by molar-refractivity contribution is 6.30. The Kier molecular flexibility index (Phi) is 2.44. The average molecular weight is 211 g/mol. The maximum absolute atomic E-state index is 11.6. The number of nitrogens with one attached hydrogen (secondary N) is 1. The van der Waals surface area contributed by atoms with E-state index in [2.05, 4.69) is 5.32 Å². The number of carbonyl (C=O) groups excluding carboxylic acids is 1. The highest BCUT2D eigenvalue weighted by Gasteiger charge is 2.27. The topological polar surface area (TPSA) is 32.3 Å². The van der Waals surface area contributed by atoms with Gasteiger partial charge in [0.05, 0.1) is 12.7 Å². The van der Waals surface area contributed by atoms with Gasteiger partial charge in [0.1, 0.15) is 0 Å². The van der Waals surface area contributed by atoms with Crippen LogP contribution in [-0.4, -0.2) is 18.6 Å². The summed E-state index contributed by atoms with van der Waals surface area (Å²) < 4.78 is 0. The molecule has 0 saturated carbocycles.